The van der Waals surface area contributed by atoms with Gasteiger partial charge in [0.15, 0.2) is 0 Å². The molecule has 2 saturated heterocycles. The number of nitrogen functional groups attached to an aromatic ring is 1. The average Bonchev–Trinajstić information content (AvgIpc) is 2.47. The van der Waals surface area contributed by atoms with Crippen molar-refractivity contribution >= 4 is 11.8 Å². The Labute approximate surface area is 126 Å². The number of anilines is 2. The van der Waals surface area contributed by atoms with Gasteiger partial charge in [-0.05, 0) is 39.9 Å². The minimum atomic E-state index is 0.378. The molecule has 0 spiro atoms. The molecule has 2 N–H and O–H groups in total. The Hall–Kier alpha value is -1.40. The number of hydrogen-bond acceptors (Lipinski definition) is 6. The van der Waals surface area contributed by atoms with Crippen LogP contribution in [-0.4, -0.2) is 72.1 Å². The normalized spacial score (nSPS) is 22.7. The highest BCUT2D eigenvalue weighted by molar-refractivity contribution is 5.43. The molecule has 2 fully saturated rings. The maximum Gasteiger partial charge on any atom is 0.222 e. The van der Waals surface area contributed by atoms with Crippen LogP contribution >= 0.6 is 0 Å². The van der Waals surface area contributed by atoms with Gasteiger partial charge in [0.25, 0.3) is 0 Å². The first-order valence-electron chi connectivity index (χ1n) is 7.90. The fraction of sp³-hybridized carbons (Fsp3) is 0.733. The quantitative estimate of drug-likeness (QED) is 0.860. The van der Waals surface area contributed by atoms with Gasteiger partial charge >= 0.3 is 0 Å². The zero-order chi connectivity index (χ0) is 14.8. The standard InChI is InChI=1S/C15H26N6/c1-12-11-14(18-15(16)17-12)21-9-7-20(8-10-21)13-3-5-19(2)6-4-13/h11,13H,3-10H2,1-2H3,(H2,16,17,18). The van der Waals surface area contributed by atoms with Crippen LogP contribution in [0.5, 0.6) is 0 Å². The molecule has 0 radical (unpaired) electrons. The van der Waals surface area contributed by atoms with Gasteiger partial charge in [-0.2, -0.15) is 4.98 Å². The van der Waals surface area contributed by atoms with Crippen molar-refractivity contribution in [2.24, 2.45) is 0 Å². The number of nitrogens with zero attached hydrogens (tertiary/aromatic N) is 5. The van der Waals surface area contributed by atoms with Crippen LogP contribution in [0.25, 0.3) is 0 Å². The molecule has 0 saturated carbocycles. The molecule has 2 aliphatic heterocycles. The van der Waals surface area contributed by atoms with Crippen LogP contribution < -0.4 is 10.6 Å². The summed E-state index contributed by atoms with van der Waals surface area (Å²) >= 11 is 0. The van der Waals surface area contributed by atoms with E-state index in [9.17, 15) is 0 Å². The van der Waals surface area contributed by atoms with Gasteiger partial charge in [-0.15, -0.1) is 0 Å². The molecule has 0 bridgehead atoms. The first-order valence-corrected chi connectivity index (χ1v) is 7.90. The number of likely N-dealkylation sites (tertiary alicyclic amines) is 1. The highest BCUT2D eigenvalue weighted by Crippen LogP contribution is 2.20. The zero-order valence-corrected chi connectivity index (χ0v) is 13.1. The predicted molar refractivity (Wildman–Crippen MR) is 85.5 cm³/mol. The lowest BCUT2D eigenvalue weighted by Gasteiger charge is -2.42. The van der Waals surface area contributed by atoms with Crippen LogP contribution in [0.3, 0.4) is 0 Å². The Morgan fingerprint density at radius 1 is 1.05 bits per heavy atom. The second-order valence-electron chi connectivity index (χ2n) is 6.28. The lowest BCUT2D eigenvalue weighted by atomic mass is 10.0. The van der Waals surface area contributed by atoms with Gasteiger partial charge < -0.3 is 15.5 Å². The first-order chi connectivity index (χ1) is 10.1. The smallest absolute Gasteiger partial charge is 0.222 e. The highest BCUT2D eigenvalue weighted by Gasteiger charge is 2.26. The van der Waals surface area contributed by atoms with E-state index in [1.165, 1.54) is 25.9 Å². The van der Waals surface area contributed by atoms with E-state index in [1.54, 1.807) is 0 Å². The molecular formula is C15H26N6. The molecule has 2 aliphatic rings. The molecule has 0 atom stereocenters. The summed E-state index contributed by atoms with van der Waals surface area (Å²) in [5, 5.41) is 0. The molecule has 6 nitrogen and oxygen atoms in total. The molecule has 3 heterocycles. The Kier molecular flexibility index (Phi) is 4.26. The van der Waals surface area contributed by atoms with Crippen LogP contribution in [0, 0.1) is 6.92 Å². The number of piperidine rings is 1. The van der Waals surface area contributed by atoms with E-state index in [-0.39, 0.29) is 0 Å². The second kappa shape index (κ2) is 6.15. The number of aryl methyl sites for hydroxylation is 1. The molecule has 116 valence electrons. The molecule has 6 heteroatoms. The fourth-order valence-electron chi connectivity index (χ4n) is 3.41. The molecule has 0 amide bonds. The van der Waals surface area contributed by atoms with Gasteiger partial charge in [0.05, 0.1) is 0 Å². The summed E-state index contributed by atoms with van der Waals surface area (Å²) in [6.07, 6.45) is 2.60. The van der Waals surface area contributed by atoms with Crippen molar-refractivity contribution in [1.29, 1.82) is 0 Å². The van der Waals surface area contributed by atoms with Crippen LogP contribution in [0.4, 0.5) is 11.8 Å². The fourth-order valence-corrected chi connectivity index (χ4v) is 3.41. The first kappa shape index (κ1) is 14.5. The summed E-state index contributed by atoms with van der Waals surface area (Å²) in [5.41, 5.74) is 6.70. The number of hydrogen-bond donors (Lipinski definition) is 1. The van der Waals surface area contributed by atoms with Gasteiger partial charge in [-0.3, -0.25) is 4.90 Å². The molecule has 0 unspecified atom stereocenters. The minimum absolute atomic E-state index is 0.378. The second-order valence-corrected chi connectivity index (χ2v) is 6.28. The highest BCUT2D eigenvalue weighted by atomic mass is 15.3. The van der Waals surface area contributed by atoms with Crippen molar-refractivity contribution < 1.29 is 0 Å². The van der Waals surface area contributed by atoms with E-state index in [1.807, 2.05) is 13.0 Å². The topological polar surface area (TPSA) is 61.5 Å². The third kappa shape index (κ3) is 3.44. The molecule has 1 aromatic rings. The summed E-state index contributed by atoms with van der Waals surface area (Å²) < 4.78 is 0. The monoisotopic (exact) mass is 290 g/mol. The van der Waals surface area contributed by atoms with Crippen LogP contribution in [0.2, 0.25) is 0 Å². The zero-order valence-electron chi connectivity index (χ0n) is 13.1. The summed E-state index contributed by atoms with van der Waals surface area (Å²) in [4.78, 5) is 15.9. The van der Waals surface area contributed by atoms with E-state index in [0.29, 0.717) is 5.95 Å². The van der Waals surface area contributed by atoms with Crippen LogP contribution in [-0.2, 0) is 0 Å². The molecule has 0 aromatic carbocycles. The largest absolute Gasteiger partial charge is 0.368 e. The number of aromatic nitrogens is 2. The number of rotatable bonds is 2. The van der Waals surface area contributed by atoms with E-state index in [2.05, 4.69) is 31.7 Å². The van der Waals surface area contributed by atoms with Gasteiger partial charge in [0.1, 0.15) is 5.82 Å². The number of nitrogens with two attached hydrogens (primary N) is 1. The molecular weight excluding hydrogens is 264 g/mol. The summed E-state index contributed by atoms with van der Waals surface area (Å²) in [6.45, 7) is 8.73. The Morgan fingerprint density at radius 2 is 1.71 bits per heavy atom. The third-order valence-corrected chi connectivity index (χ3v) is 4.70. The van der Waals surface area contributed by atoms with Gasteiger partial charge in [0, 0.05) is 44.0 Å². The summed E-state index contributed by atoms with van der Waals surface area (Å²) in [7, 11) is 2.22. The van der Waals surface area contributed by atoms with Crippen molar-refractivity contribution in [2.75, 3.05) is 56.9 Å². The molecule has 1 aromatic heterocycles. The van der Waals surface area contributed by atoms with Crippen molar-refractivity contribution in [3.05, 3.63) is 11.8 Å². The molecule has 3 rings (SSSR count). The van der Waals surface area contributed by atoms with E-state index in [4.69, 9.17) is 5.73 Å². The van der Waals surface area contributed by atoms with Crippen molar-refractivity contribution in [1.82, 2.24) is 19.8 Å². The lowest BCUT2D eigenvalue weighted by molar-refractivity contribution is 0.115. The van der Waals surface area contributed by atoms with Crippen LogP contribution in [0.1, 0.15) is 18.5 Å². The van der Waals surface area contributed by atoms with Crippen molar-refractivity contribution in [3.8, 4) is 0 Å². The minimum Gasteiger partial charge on any atom is -0.368 e. The van der Waals surface area contributed by atoms with E-state index in [0.717, 1.165) is 43.7 Å². The Bertz CT molecular complexity index is 455. The average molecular weight is 290 g/mol. The summed E-state index contributed by atoms with van der Waals surface area (Å²) in [5.74, 6) is 1.35. The van der Waals surface area contributed by atoms with Crippen molar-refractivity contribution in [2.45, 2.75) is 25.8 Å². The van der Waals surface area contributed by atoms with E-state index >= 15 is 0 Å². The maximum absolute atomic E-state index is 5.76. The SMILES string of the molecule is Cc1cc(N2CCN(C3CCN(C)CC3)CC2)nc(N)n1. The Balaban J connectivity index is 1.57. The summed E-state index contributed by atoms with van der Waals surface area (Å²) in [6, 6.07) is 2.79. The van der Waals surface area contributed by atoms with Crippen molar-refractivity contribution in [3.63, 3.8) is 0 Å². The van der Waals surface area contributed by atoms with Gasteiger partial charge in [-0.1, -0.05) is 0 Å². The molecule has 21 heavy (non-hydrogen) atoms. The number of piperazine rings is 1. The van der Waals surface area contributed by atoms with Gasteiger partial charge in [0.2, 0.25) is 5.95 Å². The van der Waals surface area contributed by atoms with Crippen LogP contribution in [0.15, 0.2) is 6.07 Å². The van der Waals surface area contributed by atoms with Gasteiger partial charge in [-0.25, -0.2) is 4.98 Å². The predicted octanol–water partition coefficient (Wildman–Crippen LogP) is 0.583. The third-order valence-electron chi connectivity index (χ3n) is 4.70. The lowest BCUT2D eigenvalue weighted by Crippen LogP contribution is -2.53. The Morgan fingerprint density at radius 3 is 2.33 bits per heavy atom. The van der Waals surface area contributed by atoms with E-state index < -0.39 is 0 Å². The molecule has 0 aliphatic carbocycles. The maximum atomic E-state index is 5.76.